The van der Waals surface area contributed by atoms with E-state index in [0.717, 1.165) is 46.8 Å². The number of nitrogens with zero attached hydrogens (tertiary/aromatic N) is 3. The summed E-state index contributed by atoms with van der Waals surface area (Å²) < 4.78 is 18.4. The molecule has 260 valence electrons. The van der Waals surface area contributed by atoms with Crippen molar-refractivity contribution in [3.63, 3.8) is 0 Å². The van der Waals surface area contributed by atoms with E-state index in [1.807, 2.05) is 74.7 Å². The van der Waals surface area contributed by atoms with Crippen LogP contribution in [0.1, 0.15) is 67.9 Å². The van der Waals surface area contributed by atoms with Crippen LogP contribution in [0.5, 0.6) is 0 Å². The molecule has 4 rings (SSSR count). The number of carbonyl (C=O) groups excluding carboxylic acids is 2. The van der Waals surface area contributed by atoms with E-state index >= 15 is 0 Å². The summed E-state index contributed by atoms with van der Waals surface area (Å²) in [5.74, 6) is 0.399. The second-order valence-electron chi connectivity index (χ2n) is 12.9. The highest BCUT2D eigenvalue weighted by Gasteiger charge is 2.21. The van der Waals surface area contributed by atoms with Crippen LogP contribution in [0.4, 0.5) is 11.4 Å². The number of carbonyl (C=O) groups is 2. The fourth-order valence-corrected chi connectivity index (χ4v) is 5.99. The van der Waals surface area contributed by atoms with E-state index < -0.39 is 5.60 Å². The fraction of sp³-hybridized carbons (Fsp3) is 0.486. The molecule has 1 unspecified atom stereocenters. The molecular weight excluding hydrogens is 627 g/mol. The van der Waals surface area contributed by atoms with Crippen LogP contribution in [-0.4, -0.2) is 80.1 Å². The third kappa shape index (κ3) is 11.9. The first-order valence-electron chi connectivity index (χ1n) is 16.6. The number of nitrogens with one attached hydrogen (secondary N) is 2. The molecule has 2 heterocycles. The summed E-state index contributed by atoms with van der Waals surface area (Å²) in [7, 11) is 3.51. The molecule has 0 spiro atoms. The molecule has 1 saturated heterocycles. The summed E-state index contributed by atoms with van der Waals surface area (Å²) in [5, 5.41) is 6.06. The first kappa shape index (κ1) is 37.3. The molecule has 1 atom stereocenters. The molecule has 1 aliphatic rings. The second kappa shape index (κ2) is 18.3. The Kier molecular flexibility index (Phi) is 14.3. The number of piperidine rings is 1. The molecular formula is C37H51N5O5S. The smallest absolute Gasteiger partial charge is 0.255 e. The lowest BCUT2D eigenvalue weighted by molar-refractivity contribution is -0.131. The topological polar surface area (TPSA) is 105 Å². The lowest BCUT2D eigenvalue weighted by Gasteiger charge is -2.29. The van der Waals surface area contributed by atoms with Gasteiger partial charge in [-0.3, -0.25) is 14.6 Å². The van der Waals surface area contributed by atoms with Gasteiger partial charge in [-0.1, -0.05) is 24.1 Å². The van der Waals surface area contributed by atoms with Crippen LogP contribution in [0.25, 0.3) is 11.3 Å². The molecule has 0 aliphatic carbocycles. The highest BCUT2D eigenvalue weighted by molar-refractivity contribution is 7.96. The van der Waals surface area contributed by atoms with Gasteiger partial charge in [-0.2, -0.15) is 0 Å². The third-order valence-corrected chi connectivity index (χ3v) is 9.11. The van der Waals surface area contributed by atoms with Crippen LogP contribution in [0.3, 0.4) is 0 Å². The SMILES string of the molecule is COCOC(C)(C)CNC(=O)CC(C)OCN(C)SCc1cccc(C(=O)Nc2ccc(N3CCCCC3)cc2-c2cc(C)ccn2)c1. The van der Waals surface area contributed by atoms with E-state index in [9.17, 15) is 9.59 Å². The van der Waals surface area contributed by atoms with Crippen molar-refractivity contribution in [1.29, 1.82) is 0 Å². The Morgan fingerprint density at radius 3 is 2.62 bits per heavy atom. The number of pyridine rings is 1. The second-order valence-corrected chi connectivity index (χ2v) is 14.1. The summed E-state index contributed by atoms with van der Waals surface area (Å²) in [6, 6.07) is 18.0. The molecule has 1 aliphatic heterocycles. The van der Waals surface area contributed by atoms with E-state index in [-0.39, 0.29) is 31.1 Å². The Labute approximate surface area is 290 Å². The number of aryl methyl sites for hydroxylation is 1. The number of benzene rings is 2. The van der Waals surface area contributed by atoms with E-state index in [0.29, 0.717) is 24.6 Å². The summed E-state index contributed by atoms with van der Waals surface area (Å²) >= 11 is 1.59. The van der Waals surface area contributed by atoms with Crippen molar-refractivity contribution in [3.05, 3.63) is 77.5 Å². The van der Waals surface area contributed by atoms with Crippen LogP contribution in [0, 0.1) is 6.92 Å². The Balaban J connectivity index is 1.30. The Morgan fingerprint density at radius 2 is 1.88 bits per heavy atom. The number of rotatable bonds is 17. The normalized spacial score (nSPS) is 14.2. The Morgan fingerprint density at radius 1 is 1.08 bits per heavy atom. The van der Waals surface area contributed by atoms with Gasteiger partial charge < -0.3 is 29.7 Å². The van der Waals surface area contributed by atoms with Gasteiger partial charge >= 0.3 is 0 Å². The molecule has 3 aromatic rings. The first-order valence-corrected chi connectivity index (χ1v) is 17.5. The van der Waals surface area contributed by atoms with E-state index in [1.165, 1.54) is 19.3 Å². The van der Waals surface area contributed by atoms with Crippen LogP contribution in [0.15, 0.2) is 60.8 Å². The van der Waals surface area contributed by atoms with Gasteiger partial charge in [-0.15, -0.1) is 0 Å². The monoisotopic (exact) mass is 677 g/mol. The van der Waals surface area contributed by atoms with Crippen molar-refractivity contribution in [2.24, 2.45) is 0 Å². The van der Waals surface area contributed by atoms with Crippen molar-refractivity contribution in [2.45, 2.75) is 70.8 Å². The standard InChI is InChI=1S/C37H51N5O5S/c1-27-15-16-38-34(19-27)32-22-31(42-17-8-7-9-18-42)13-14-33(32)40-36(44)30-12-10-11-29(21-30)23-48-41(5)25-46-28(2)20-35(43)39-24-37(3,4)47-26-45-6/h10-16,19,21-22,28H,7-9,17-18,20,23-26H2,1-6H3,(H,39,43)(H,40,44). The van der Waals surface area contributed by atoms with Crippen LogP contribution in [-0.2, 0) is 24.8 Å². The van der Waals surface area contributed by atoms with Crippen molar-refractivity contribution in [2.75, 3.05) is 57.5 Å². The quantitative estimate of drug-likeness (QED) is 0.120. The highest BCUT2D eigenvalue weighted by atomic mass is 32.2. The number of ether oxygens (including phenoxy) is 3. The van der Waals surface area contributed by atoms with E-state index in [4.69, 9.17) is 14.2 Å². The summed E-state index contributed by atoms with van der Waals surface area (Å²) in [5.41, 5.74) is 5.85. The molecule has 0 radical (unpaired) electrons. The minimum Gasteiger partial charge on any atom is -0.372 e. The largest absolute Gasteiger partial charge is 0.372 e. The zero-order valence-electron chi connectivity index (χ0n) is 29.2. The van der Waals surface area contributed by atoms with E-state index in [1.54, 1.807) is 19.1 Å². The average Bonchev–Trinajstić information content (AvgIpc) is 3.09. The average molecular weight is 678 g/mol. The van der Waals surface area contributed by atoms with Crippen LogP contribution < -0.4 is 15.5 Å². The molecule has 2 amide bonds. The highest BCUT2D eigenvalue weighted by Crippen LogP contribution is 2.33. The van der Waals surface area contributed by atoms with Crippen molar-refractivity contribution in [1.82, 2.24) is 14.6 Å². The maximum Gasteiger partial charge on any atom is 0.255 e. The van der Waals surface area contributed by atoms with E-state index in [2.05, 4.69) is 45.6 Å². The minimum atomic E-state index is -0.523. The lowest BCUT2D eigenvalue weighted by Crippen LogP contribution is -2.41. The van der Waals surface area contributed by atoms with Crippen molar-refractivity contribution in [3.8, 4) is 11.3 Å². The number of methoxy groups -OCH3 is 1. The predicted octanol–water partition coefficient (Wildman–Crippen LogP) is 6.65. The molecule has 48 heavy (non-hydrogen) atoms. The predicted molar refractivity (Wildman–Crippen MR) is 194 cm³/mol. The maximum absolute atomic E-state index is 13.5. The maximum atomic E-state index is 13.5. The number of hydrogen-bond acceptors (Lipinski definition) is 9. The lowest BCUT2D eigenvalue weighted by atomic mass is 10.0. The van der Waals surface area contributed by atoms with Crippen LogP contribution in [0.2, 0.25) is 0 Å². The van der Waals surface area contributed by atoms with Gasteiger partial charge in [0.15, 0.2) is 0 Å². The molecule has 2 aromatic carbocycles. The molecule has 10 nitrogen and oxygen atoms in total. The molecule has 11 heteroatoms. The van der Waals surface area contributed by atoms with Gasteiger partial charge in [0.05, 0.1) is 29.5 Å². The van der Waals surface area contributed by atoms with Gasteiger partial charge in [-0.25, -0.2) is 4.31 Å². The molecule has 2 N–H and O–H groups in total. The number of amides is 2. The van der Waals surface area contributed by atoms with Gasteiger partial charge in [-0.05, 0) is 108 Å². The number of aromatic nitrogens is 1. The van der Waals surface area contributed by atoms with Gasteiger partial charge in [0, 0.05) is 55.5 Å². The molecule has 1 aromatic heterocycles. The molecule has 0 bridgehead atoms. The minimum absolute atomic E-state index is 0.0952. The van der Waals surface area contributed by atoms with Crippen LogP contribution >= 0.6 is 11.9 Å². The Hall–Kier alpha value is -3.48. The zero-order valence-corrected chi connectivity index (χ0v) is 30.0. The Bertz CT molecular complexity index is 1500. The summed E-state index contributed by atoms with van der Waals surface area (Å²) in [4.78, 5) is 33.0. The summed E-state index contributed by atoms with van der Waals surface area (Å²) in [6.45, 7) is 10.7. The molecule has 0 saturated carbocycles. The molecule has 1 fully saturated rings. The zero-order chi connectivity index (χ0) is 34.5. The van der Waals surface area contributed by atoms with Crippen molar-refractivity contribution >= 4 is 35.1 Å². The third-order valence-electron chi connectivity index (χ3n) is 8.10. The first-order chi connectivity index (χ1) is 23.0. The van der Waals surface area contributed by atoms with Gasteiger partial charge in [0.1, 0.15) is 13.5 Å². The summed E-state index contributed by atoms with van der Waals surface area (Å²) in [6.07, 6.45) is 5.46. The number of anilines is 2. The van der Waals surface area contributed by atoms with Gasteiger partial charge in [0.2, 0.25) is 5.91 Å². The van der Waals surface area contributed by atoms with Gasteiger partial charge in [0.25, 0.3) is 5.91 Å². The number of hydrogen-bond donors (Lipinski definition) is 2. The fourth-order valence-electron chi connectivity index (χ4n) is 5.31. The van der Waals surface area contributed by atoms with Crippen molar-refractivity contribution < 1.29 is 23.8 Å².